The van der Waals surface area contributed by atoms with Crippen molar-refractivity contribution in [2.24, 2.45) is 5.92 Å². The number of anilines is 2. The lowest BCUT2D eigenvalue weighted by molar-refractivity contribution is 0.557. The zero-order valence-electron chi connectivity index (χ0n) is 16.3. The van der Waals surface area contributed by atoms with E-state index < -0.39 is 0 Å². The molecule has 31 heavy (non-hydrogen) atoms. The fourth-order valence-corrected chi connectivity index (χ4v) is 5.19. The van der Waals surface area contributed by atoms with E-state index in [1.165, 1.54) is 11.3 Å². The first-order chi connectivity index (χ1) is 15.3. The highest BCUT2D eigenvalue weighted by molar-refractivity contribution is 7.13. The van der Waals surface area contributed by atoms with Crippen LogP contribution in [0.3, 0.4) is 0 Å². The molecule has 1 fully saturated rings. The van der Waals surface area contributed by atoms with Crippen LogP contribution in [0.25, 0.3) is 27.8 Å². The van der Waals surface area contributed by atoms with E-state index in [0.29, 0.717) is 11.7 Å². The van der Waals surface area contributed by atoms with Crippen molar-refractivity contribution in [3.05, 3.63) is 48.5 Å². The van der Waals surface area contributed by atoms with Gasteiger partial charge in [-0.2, -0.15) is 10.2 Å². The molecule has 2 N–H and O–H groups in total. The second-order valence-electron chi connectivity index (χ2n) is 7.74. The molecule has 5 aromatic heterocycles. The van der Waals surface area contributed by atoms with Gasteiger partial charge in [0.1, 0.15) is 28.3 Å². The quantitative estimate of drug-likeness (QED) is 0.448. The fourth-order valence-electron chi connectivity index (χ4n) is 4.54. The Labute approximate surface area is 179 Å². The molecule has 7 rings (SSSR count). The molecule has 11 nitrogen and oxygen atoms in total. The van der Waals surface area contributed by atoms with Crippen LogP contribution < -0.4 is 4.90 Å². The van der Waals surface area contributed by atoms with Gasteiger partial charge < -0.3 is 4.90 Å². The summed E-state index contributed by atoms with van der Waals surface area (Å²) < 4.78 is 2.00. The van der Waals surface area contributed by atoms with Gasteiger partial charge in [-0.05, 0) is 12.3 Å². The van der Waals surface area contributed by atoms with Gasteiger partial charge in [-0.15, -0.1) is 21.5 Å². The summed E-state index contributed by atoms with van der Waals surface area (Å²) in [5, 5.41) is 25.8. The maximum absolute atomic E-state index is 5.03. The zero-order valence-corrected chi connectivity index (χ0v) is 17.1. The normalized spacial score (nSPS) is 21.3. The first kappa shape index (κ1) is 16.8. The Hall–Kier alpha value is -3.93. The number of H-pyrrole nitrogens is 2. The minimum absolute atomic E-state index is 0.312. The van der Waals surface area contributed by atoms with Crippen molar-refractivity contribution in [3.8, 4) is 27.8 Å². The smallest absolute Gasteiger partial charge is 0.165 e. The van der Waals surface area contributed by atoms with E-state index in [4.69, 9.17) is 4.98 Å². The third-order valence-electron chi connectivity index (χ3n) is 6.10. The summed E-state index contributed by atoms with van der Waals surface area (Å²) in [6.45, 7) is 2.22. The Morgan fingerprint density at radius 2 is 2.13 bits per heavy atom. The molecule has 0 radical (unpaired) electrons. The largest absolute Gasteiger partial charge is 0.308 e. The summed E-state index contributed by atoms with van der Waals surface area (Å²) in [4.78, 5) is 16.3. The molecule has 0 saturated heterocycles. The predicted octanol–water partition coefficient (Wildman–Crippen LogP) is 2.68. The topological polar surface area (TPSA) is 130 Å². The van der Waals surface area contributed by atoms with Gasteiger partial charge in [0.2, 0.25) is 0 Å². The minimum Gasteiger partial charge on any atom is -0.308 e. The van der Waals surface area contributed by atoms with E-state index >= 15 is 0 Å². The van der Waals surface area contributed by atoms with Gasteiger partial charge >= 0.3 is 0 Å². The Balaban J connectivity index is 1.47. The molecule has 2 atom stereocenters. The standard InChI is InChI=1S/C19H15N11S/c1-10-4-19(10)18-28-25-9-29(18)13-8-21-15(26-16(13)30(19)11-5-22-23-6-11)12-7-24-27-14(12)17-20-2-3-31-17/h2-3,5-10H,4H2,1H3,(H,22,23)(H,24,27)/t10-,19-/m0/s1. The summed E-state index contributed by atoms with van der Waals surface area (Å²) in [6.07, 6.45) is 11.7. The molecule has 0 amide bonds. The number of nitrogens with one attached hydrogen (secondary N) is 2. The number of hydrogen-bond acceptors (Lipinski definition) is 9. The van der Waals surface area contributed by atoms with E-state index in [2.05, 4.69) is 52.4 Å². The fraction of sp³-hybridized carbons (Fsp3) is 0.211. The molecular weight excluding hydrogens is 414 g/mol. The first-order valence-corrected chi connectivity index (χ1v) is 10.7. The lowest BCUT2D eigenvalue weighted by atomic mass is 10.1. The third kappa shape index (κ3) is 2.14. The number of fused-ring (bicyclic) bond motifs is 4. The van der Waals surface area contributed by atoms with E-state index in [-0.39, 0.29) is 5.54 Å². The predicted molar refractivity (Wildman–Crippen MR) is 112 cm³/mol. The summed E-state index contributed by atoms with van der Waals surface area (Å²) in [6, 6.07) is 0. The Kier molecular flexibility index (Phi) is 3.16. The van der Waals surface area contributed by atoms with Crippen molar-refractivity contribution in [1.29, 1.82) is 0 Å². The van der Waals surface area contributed by atoms with Crippen LogP contribution in [0.2, 0.25) is 0 Å². The Morgan fingerprint density at radius 1 is 1.19 bits per heavy atom. The average molecular weight is 429 g/mol. The summed E-state index contributed by atoms with van der Waals surface area (Å²) in [5.41, 5.74) is 3.05. The van der Waals surface area contributed by atoms with Crippen LogP contribution in [0.4, 0.5) is 11.5 Å². The molecule has 2 aliphatic rings. The minimum atomic E-state index is -0.312. The van der Waals surface area contributed by atoms with Crippen LogP contribution in [0.1, 0.15) is 19.2 Å². The number of nitrogens with zero attached hydrogens (tertiary/aromatic N) is 9. The highest BCUT2D eigenvalue weighted by Crippen LogP contribution is 2.62. The molecule has 6 heterocycles. The molecule has 0 unspecified atom stereocenters. The van der Waals surface area contributed by atoms with Gasteiger partial charge in [-0.3, -0.25) is 14.8 Å². The maximum atomic E-state index is 5.03. The number of aromatic amines is 2. The van der Waals surface area contributed by atoms with Gasteiger partial charge in [0, 0.05) is 17.8 Å². The van der Waals surface area contributed by atoms with Gasteiger partial charge in [0.05, 0.1) is 29.8 Å². The summed E-state index contributed by atoms with van der Waals surface area (Å²) >= 11 is 1.54. The second kappa shape index (κ2) is 5.82. The van der Waals surface area contributed by atoms with Crippen molar-refractivity contribution in [3.63, 3.8) is 0 Å². The van der Waals surface area contributed by atoms with Gasteiger partial charge in [-0.25, -0.2) is 15.0 Å². The van der Waals surface area contributed by atoms with E-state index in [9.17, 15) is 0 Å². The molecule has 1 spiro atoms. The molecule has 1 saturated carbocycles. The molecule has 1 aliphatic heterocycles. The summed E-state index contributed by atoms with van der Waals surface area (Å²) in [5.74, 6) is 2.65. The molecular formula is C19H15N11S. The lowest BCUT2D eigenvalue weighted by Gasteiger charge is -2.37. The average Bonchev–Trinajstić information content (AvgIpc) is 3.46. The maximum Gasteiger partial charge on any atom is 0.165 e. The lowest BCUT2D eigenvalue weighted by Crippen LogP contribution is -2.40. The highest BCUT2D eigenvalue weighted by atomic mass is 32.1. The van der Waals surface area contributed by atoms with Crippen molar-refractivity contribution in [1.82, 2.24) is 50.1 Å². The van der Waals surface area contributed by atoms with Crippen LogP contribution in [0, 0.1) is 5.92 Å². The third-order valence-corrected chi connectivity index (χ3v) is 6.89. The van der Waals surface area contributed by atoms with Gasteiger partial charge in [0.25, 0.3) is 0 Å². The second-order valence-corrected chi connectivity index (χ2v) is 8.64. The zero-order chi connectivity index (χ0) is 20.6. The molecule has 5 aromatic rings. The van der Waals surface area contributed by atoms with Crippen molar-refractivity contribution in [2.75, 3.05) is 4.90 Å². The number of rotatable bonds is 3. The SMILES string of the molecule is C[C@H]1C[C@@]12c1nncn1-c1cnc(-c3cn[nH]c3-c3nccs3)nc1N2c1cn[nH]c1. The molecule has 12 heteroatoms. The number of aromatic nitrogens is 10. The van der Waals surface area contributed by atoms with Crippen molar-refractivity contribution >= 4 is 22.8 Å². The van der Waals surface area contributed by atoms with Crippen molar-refractivity contribution < 1.29 is 0 Å². The highest BCUT2D eigenvalue weighted by Gasteiger charge is 2.63. The molecule has 1 aliphatic carbocycles. The van der Waals surface area contributed by atoms with Gasteiger partial charge in [-0.1, -0.05) is 6.92 Å². The van der Waals surface area contributed by atoms with E-state index in [0.717, 1.165) is 45.7 Å². The van der Waals surface area contributed by atoms with Crippen molar-refractivity contribution in [2.45, 2.75) is 18.9 Å². The monoisotopic (exact) mass is 429 g/mol. The number of hydrogen-bond donors (Lipinski definition) is 2. The van der Waals surface area contributed by atoms with E-state index in [1.807, 2.05) is 28.5 Å². The van der Waals surface area contributed by atoms with Crippen LogP contribution in [0.15, 0.2) is 42.7 Å². The van der Waals surface area contributed by atoms with Crippen LogP contribution in [0.5, 0.6) is 0 Å². The van der Waals surface area contributed by atoms with E-state index in [1.54, 1.807) is 18.7 Å². The first-order valence-electron chi connectivity index (χ1n) is 9.78. The van der Waals surface area contributed by atoms with Crippen LogP contribution >= 0.6 is 11.3 Å². The molecule has 0 bridgehead atoms. The summed E-state index contributed by atoms with van der Waals surface area (Å²) in [7, 11) is 0. The molecule has 152 valence electrons. The van der Waals surface area contributed by atoms with Crippen LogP contribution in [-0.2, 0) is 5.54 Å². The number of thiazole rings is 1. The molecule has 0 aromatic carbocycles. The van der Waals surface area contributed by atoms with Gasteiger partial charge in [0.15, 0.2) is 17.5 Å². The van der Waals surface area contributed by atoms with Crippen LogP contribution in [-0.4, -0.2) is 50.1 Å². The Morgan fingerprint density at radius 3 is 2.90 bits per heavy atom. The Bertz CT molecular complexity index is 1400.